The van der Waals surface area contributed by atoms with E-state index in [9.17, 15) is 8.42 Å². The summed E-state index contributed by atoms with van der Waals surface area (Å²) in [6.45, 7) is 3.66. The fourth-order valence-corrected chi connectivity index (χ4v) is 4.85. The molecule has 0 aliphatic carbocycles. The highest BCUT2D eigenvalue weighted by Crippen LogP contribution is 2.18. The van der Waals surface area contributed by atoms with Crippen LogP contribution in [-0.4, -0.2) is 49.1 Å². The van der Waals surface area contributed by atoms with Gasteiger partial charge in [-0.1, -0.05) is 37.3 Å². The molecule has 1 fully saturated rings. The van der Waals surface area contributed by atoms with Gasteiger partial charge in [-0.15, -0.1) is 0 Å². The van der Waals surface area contributed by atoms with Crippen LogP contribution in [0, 0.1) is 0 Å². The van der Waals surface area contributed by atoms with Gasteiger partial charge in [0.2, 0.25) is 0 Å². The number of hydrogen-bond acceptors (Lipinski definition) is 3. The fourth-order valence-electron chi connectivity index (χ4n) is 2.77. The van der Waals surface area contributed by atoms with Crippen molar-refractivity contribution in [1.29, 1.82) is 0 Å². The monoisotopic (exact) mass is 340 g/mol. The van der Waals surface area contributed by atoms with Gasteiger partial charge in [0.05, 0.1) is 11.5 Å². The maximum Gasteiger partial charge on any atom is 0.169 e. The molecule has 1 saturated heterocycles. The van der Waals surface area contributed by atoms with E-state index < -0.39 is 9.84 Å². The van der Waals surface area contributed by atoms with Gasteiger partial charge in [0.1, 0.15) is 0 Å². The van der Waals surface area contributed by atoms with Gasteiger partial charge in [0.25, 0.3) is 0 Å². The van der Waals surface area contributed by atoms with Crippen molar-refractivity contribution < 1.29 is 8.42 Å². The largest absolute Gasteiger partial charge is 0.362 e. The second kappa shape index (κ2) is 7.92. The van der Waals surface area contributed by atoms with Crippen LogP contribution in [-0.2, 0) is 16.3 Å². The first-order valence-electron chi connectivity index (χ1n) is 7.80. The highest BCUT2D eigenvalue weighted by molar-refractivity contribution is 7.91. The first-order valence-corrected chi connectivity index (χ1v) is 10.0. The van der Waals surface area contributed by atoms with Crippen LogP contribution in [0.3, 0.4) is 0 Å². The topological polar surface area (TPSA) is 49.4 Å². The first kappa shape index (κ1) is 17.2. The molecule has 22 heavy (non-hydrogen) atoms. The minimum Gasteiger partial charge on any atom is -0.362 e. The maximum atomic E-state index is 11.7. The Bertz CT molecular complexity index is 587. The molecule has 1 atom stereocenters. The van der Waals surface area contributed by atoms with Crippen molar-refractivity contribution in [2.24, 2.45) is 0 Å². The summed E-state index contributed by atoms with van der Waals surface area (Å²) in [7, 11) is -2.88. The zero-order valence-corrected chi connectivity index (χ0v) is 14.6. The summed E-state index contributed by atoms with van der Waals surface area (Å²) in [6.07, 6.45) is 2.55. The van der Waals surface area contributed by atoms with Gasteiger partial charge in [0.15, 0.2) is 14.9 Å². The van der Waals surface area contributed by atoms with Crippen molar-refractivity contribution in [2.45, 2.75) is 32.2 Å². The lowest BCUT2D eigenvalue weighted by molar-refractivity contribution is 0.330. The van der Waals surface area contributed by atoms with E-state index in [1.54, 1.807) is 0 Å². The Morgan fingerprint density at radius 2 is 2.09 bits per heavy atom. The number of sulfone groups is 1. The molecule has 0 unspecified atom stereocenters. The number of hydrogen-bond donors (Lipinski definition) is 1. The number of thiocarbonyl (C=S) groups is 1. The quantitative estimate of drug-likeness (QED) is 0.803. The predicted molar refractivity (Wildman–Crippen MR) is 94.8 cm³/mol. The smallest absolute Gasteiger partial charge is 0.169 e. The molecule has 0 amide bonds. The average Bonchev–Trinajstić information content (AvgIpc) is 2.85. The molecular formula is C16H24N2O2S2. The molecule has 0 saturated carbocycles. The van der Waals surface area contributed by atoms with E-state index in [0.29, 0.717) is 11.5 Å². The molecule has 0 aromatic heterocycles. The highest BCUT2D eigenvalue weighted by Gasteiger charge is 2.32. The maximum absolute atomic E-state index is 11.7. The van der Waals surface area contributed by atoms with Gasteiger partial charge in [-0.2, -0.15) is 0 Å². The second-order valence-corrected chi connectivity index (χ2v) is 8.33. The molecule has 0 radical (unpaired) electrons. The number of benzene rings is 1. The number of rotatable bonds is 6. The van der Waals surface area contributed by atoms with E-state index in [0.717, 1.165) is 25.9 Å². The van der Waals surface area contributed by atoms with E-state index in [1.165, 1.54) is 5.56 Å². The van der Waals surface area contributed by atoms with Crippen LogP contribution in [0.15, 0.2) is 30.3 Å². The lowest BCUT2D eigenvalue weighted by Crippen LogP contribution is -2.47. The van der Waals surface area contributed by atoms with Gasteiger partial charge < -0.3 is 10.2 Å². The Hall–Kier alpha value is -1.14. The fraction of sp³-hybridized carbons (Fsp3) is 0.562. The zero-order chi connectivity index (χ0) is 16.0. The molecule has 1 heterocycles. The van der Waals surface area contributed by atoms with Crippen LogP contribution in [0.1, 0.15) is 25.3 Å². The van der Waals surface area contributed by atoms with Crippen molar-refractivity contribution in [3.8, 4) is 0 Å². The van der Waals surface area contributed by atoms with Gasteiger partial charge in [-0.3, -0.25) is 0 Å². The average molecular weight is 341 g/mol. The predicted octanol–water partition coefficient (Wildman–Crippen LogP) is 2.00. The van der Waals surface area contributed by atoms with Crippen molar-refractivity contribution in [3.05, 3.63) is 35.9 Å². The highest BCUT2D eigenvalue weighted by atomic mass is 32.2. The zero-order valence-electron chi connectivity index (χ0n) is 13.0. The summed E-state index contributed by atoms with van der Waals surface area (Å²) >= 11 is 5.49. The minimum atomic E-state index is -2.88. The van der Waals surface area contributed by atoms with Crippen LogP contribution >= 0.6 is 12.2 Å². The molecule has 1 aliphatic heterocycles. The van der Waals surface area contributed by atoms with Crippen molar-refractivity contribution in [3.63, 3.8) is 0 Å². The molecule has 1 N–H and O–H groups in total. The lowest BCUT2D eigenvalue weighted by atomic mass is 10.1. The summed E-state index contributed by atoms with van der Waals surface area (Å²) in [5.74, 6) is 0.512. The van der Waals surface area contributed by atoms with Crippen molar-refractivity contribution in [1.82, 2.24) is 10.2 Å². The Kier molecular flexibility index (Phi) is 6.20. The van der Waals surface area contributed by atoms with Crippen LogP contribution in [0.25, 0.3) is 0 Å². The molecule has 6 heteroatoms. The third-order valence-corrected chi connectivity index (χ3v) is 6.04. The molecule has 1 aliphatic rings. The number of nitrogens with zero attached hydrogens (tertiary/aromatic N) is 1. The van der Waals surface area contributed by atoms with Gasteiger partial charge in [0, 0.05) is 19.1 Å². The third-order valence-electron chi connectivity index (χ3n) is 3.91. The SMILES string of the molecule is CCCN(C(=S)NCCc1ccccc1)[C@@H]1CCS(=O)(=O)C1. The summed E-state index contributed by atoms with van der Waals surface area (Å²) in [4.78, 5) is 2.06. The van der Waals surface area contributed by atoms with Crippen LogP contribution in [0.5, 0.6) is 0 Å². The Morgan fingerprint density at radius 1 is 1.36 bits per heavy atom. The third kappa shape index (κ3) is 4.95. The molecule has 1 aromatic rings. The molecule has 1 aromatic carbocycles. The summed E-state index contributed by atoms with van der Waals surface area (Å²) in [6, 6.07) is 10.3. The van der Waals surface area contributed by atoms with Crippen LogP contribution < -0.4 is 5.32 Å². The van der Waals surface area contributed by atoms with Gasteiger partial charge >= 0.3 is 0 Å². The van der Waals surface area contributed by atoms with Crippen molar-refractivity contribution >= 4 is 27.2 Å². The Balaban J connectivity index is 1.87. The van der Waals surface area contributed by atoms with Crippen molar-refractivity contribution in [2.75, 3.05) is 24.6 Å². The Labute approximate surface area is 138 Å². The summed E-state index contributed by atoms with van der Waals surface area (Å²) in [5.41, 5.74) is 1.27. The van der Waals surface area contributed by atoms with Crippen LogP contribution in [0.4, 0.5) is 0 Å². The number of nitrogens with one attached hydrogen (secondary N) is 1. The van der Waals surface area contributed by atoms with E-state index in [1.807, 2.05) is 18.2 Å². The molecule has 4 nitrogen and oxygen atoms in total. The van der Waals surface area contributed by atoms with E-state index in [4.69, 9.17) is 12.2 Å². The standard InChI is InChI=1S/C16H24N2O2S2/c1-2-11-18(15-9-12-22(19,20)13-15)16(21)17-10-8-14-6-4-3-5-7-14/h3-7,15H,2,8-13H2,1H3,(H,17,21)/t15-/m1/s1. The Morgan fingerprint density at radius 3 is 2.68 bits per heavy atom. The minimum absolute atomic E-state index is 0.0293. The van der Waals surface area contributed by atoms with Gasteiger partial charge in [-0.25, -0.2) is 8.42 Å². The van der Waals surface area contributed by atoms with E-state index in [2.05, 4.69) is 29.3 Å². The molecule has 0 spiro atoms. The molecular weight excluding hydrogens is 316 g/mol. The van der Waals surface area contributed by atoms with Crippen LogP contribution in [0.2, 0.25) is 0 Å². The molecule has 2 rings (SSSR count). The summed E-state index contributed by atoms with van der Waals surface area (Å²) in [5, 5.41) is 3.96. The molecule has 122 valence electrons. The van der Waals surface area contributed by atoms with Gasteiger partial charge in [-0.05, 0) is 37.0 Å². The lowest BCUT2D eigenvalue weighted by Gasteiger charge is -2.30. The molecule has 0 bridgehead atoms. The van der Waals surface area contributed by atoms with E-state index in [-0.39, 0.29) is 17.5 Å². The summed E-state index contributed by atoms with van der Waals surface area (Å²) < 4.78 is 23.4. The second-order valence-electron chi connectivity index (χ2n) is 5.72. The normalized spacial score (nSPS) is 19.8. The van der Waals surface area contributed by atoms with E-state index >= 15 is 0 Å². The first-order chi connectivity index (χ1) is 10.5.